The zero-order valence-electron chi connectivity index (χ0n) is 15.7. The summed E-state index contributed by atoms with van der Waals surface area (Å²) in [5, 5.41) is 11.5. The van der Waals surface area contributed by atoms with Crippen molar-refractivity contribution in [1.82, 2.24) is 14.8 Å². The summed E-state index contributed by atoms with van der Waals surface area (Å²) in [4.78, 5) is 12.3. The number of aromatic nitrogens is 3. The topological polar surface area (TPSA) is 82.2 Å². The van der Waals surface area contributed by atoms with Crippen LogP contribution in [0, 0.1) is 0 Å². The Hall–Kier alpha value is -3.04. The molecule has 0 atom stereocenters. The lowest BCUT2D eigenvalue weighted by molar-refractivity contribution is -0.113. The van der Waals surface area contributed by atoms with Crippen molar-refractivity contribution in [1.29, 1.82) is 0 Å². The number of anilines is 1. The van der Waals surface area contributed by atoms with Crippen LogP contribution in [-0.4, -0.2) is 26.4 Å². The average molecular weight is 485 g/mol. The number of thioether (sulfide) groups is 1. The van der Waals surface area contributed by atoms with Gasteiger partial charge in [0.05, 0.1) is 18.6 Å². The molecule has 4 aromatic rings. The third-order valence-corrected chi connectivity index (χ3v) is 5.52. The highest BCUT2D eigenvalue weighted by Gasteiger charge is 2.10. The number of hydrogen-bond donors (Lipinski definition) is 1. The molecule has 7 nitrogen and oxygen atoms in total. The minimum absolute atomic E-state index is 0.130. The molecular weight excluding hydrogens is 468 g/mol. The van der Waals surface area contributed by atoms with Crippen LogP contribution in [0.1, 0.15) is 5.76 Å². The molecule has 2 aromatic carbocycles. The summed E-state index contributed by atoms with van der Waals surface area (Å²) >= 11 is 4.71. The van der Waals surface area contributed by atoms with Crippen LogP contribution in [0.25, 0.3) is 0 Å². The molecule has 2 heterocycles. The van der Waals surface area contributed by atoms with Crippen LogP contribution in [0.2, 0.25) is 0 Å². The lowest BCUT2D eigenvalue weighted by atomic mass is 10.3. The van der Waals surface area contributed by atoms with E-state index in [0.29, 0.717) is 23.1 Å². The Morgan fingerprint density at radius 3 is 2.53 bits per heavy atom. The van der Waals surface area contributed by atoms with Crippen LogP contribution < -0.4 is 10.1 Å². The number of carbonyl (C=O) groups excluding carboxylic acids is 1. The summed E-state index contributed by atoms with van der Waals surface area (Å²) in [6, 6.07) is 18.5. The lowest BCUT2D eigenvalue weighted by Gasteiger charge is -2.08. The van der Waals surface area contributed by atoms with Crippen molar-refractivity contribution < 1.29 is 13.9 Å². The number of carbonyl (C=O) groups is 1. The summed E-state index contributed by atoms with van der Waals surface area (Å²) in [7, 11) is 0. The first-order valence-corrected chi connectivity index (χ1v) is 10.8. The summed E-state index contributed by atoms with van der Waals surface area (Å²) in [6.45, 7) is 0.518. The van der Waals surface area contributed by atoms with Crippen LogP contribution in [0.5, 0.6) is 11.5 Å². The first-order chi connectivity index (χ1) is 14.7. The van der Waals surface area contributed by atoms with Crippen molar-refractivity contribution in [3.8, 4) is 11.5 Å². The van der Waals surface area contributed by atoms with Gasteiger partial charge in [-0.15, -0.1) is 10.2 Å². The molecule has 9 heteroatoms. The number of hydrogen-bond acceptors (Lipinski definition) is 6. The van der Waals surface area contributed by atoms with Gasteiger partial charge in [0.15, 0.2) is 5.16 Å². The molecule has 0 radical (unpaired) electrons. The quantitative estimate of drug-likeness (QED) is 0.346. The van der Waals surface area contributed by atoms with Gasteiger partial charge in [-0.25, -0.2) is 0 Å². The van der Waals surface area contributed by atoms with E-state index in [1.165, 1.54) is 11.8 Å². The second kappa shape index (κ2) is 9.64. The molecule has 0 saturated heterocycles. The Morgan fingerprint density at radius 2 is 1.83 bits per heavy atom. The van der Waals surface area contributed by atoms with E-state index in [1.807, 2.05) is 53.1 Å². The van der Waals surface area contributed by atoms with Gasteiger partial charge in [-0.1, -0.05) is 27.7 Å². The first-order valence-electron chi connectivity index (χ1n) is 9.02. The maximum Gasteiger partial charge on any atom is 0.234 e. The van der Waals surface area contributed by atoms with Crippen LogP contribution >= 0.6 is 27.7 Å². The average Bonchev–Trinajstić information content (AvgIpc) is 3.42. The molecule has 4 rings (SSSR count). The SMILES string of the molecule is O=C(CSc1nncn1Cc1ccco1)Nc1ccc(Oc2ccc(Br)cc2)cc1. The van der Waals surface area contributed by atoms with Crippen LogP contribution in [0.3, 0.4) is 0 Å². The summed E-state index contributed by atoms with van der Waals surface area (Å²) in [5.41, 5.74) is 0.695. The highest BCUT2D eigenvalue weighted by molar-refractivity contribution is 9.10. The molecule has 30 heavy (non-hydrogen) atoms. The summed E-state index contributed by atoms with van der Waals surface area (Å²) < 4.78 is 14.0. The number of nitrogens with zero attached hydrogens (tertiary/aromatic N) is 3. The minimum atomic E-state index is -0.130. The highest BCUT2D eigenvalue weighted by Crippen LogP contribution is 2.25. The van der Waals surface area contributed by atoms with E-state index < -0.39 is 0 Å². The third kappa shape index (κ3) is 5.52. The predicted molar refractivity (Wildman–Crippen MR) is 118 cm³/mol. The van der Waals surface area contributed by atoms with E-state index in [2.05, 4.69) is 31.4 Å². The van der Waals surface area contributed by atoms with Crippen molar-refractivity contribution >= 4 is 39.3 Å². The van der Waals surface area contributed by atoms with Crippen molar-refractivity contribution in [3.05, 3.63) is 83.5 Å². The molecule has 0 aliphatic carbocycles. The van der Waals surface area contributed by atoms with Crippen molar-refractivity contribution in [2.24, 2.45) is 0 Å². The Bertz CT molecular complexity index is 1100. The normalized spacial score (nSPS) is 10.7. The predicted octanol–water partition coefficient (Wildman–Crippen LogP) is 5.21. The van der Waals surface area contributed by atoms with Crippen LogP contribution in [0.15, 0.2) is 87.3 Å². The van der Waals surface area contributed by atoms with Crippen molar-refractivity contribution in [2.45, 2.75) is 11.7 Å². The largest absolute Gasteiger partial charge is 0.467 e. The van der Waals surface area contributed by atoms with Crippen LogP contribution in [-0.2, 0) is 11.3 Å². The molecular formula is C21H17BrN4O3S. The summed E-state index contributed by atoms with van der Waals surface area (Å²) in [6.07, 6.45) is 3.24. The molecule has 1 N–H and O–H groups in total. The highest BCUT2D eigenvalue weighted by atomic mass is 79.9. The Kier molecular flexibility index (Phi) is 6.50. The molecule has 0 aliphatic rings. The van der Waals surface area contributed by atoms with E-state index in [4.69, 9.17) is 9.15 Å². The molecule has 0 aliphatic heterocycles. The van der Waals surface area contributed by atoms with Gasteiger partial charge >= 0.3 is 0 Å². The number of benzene rings is 2. The fourth-order valence-electron chi connectivity index (χ4n) is 2.61. The molecule has 1 amide bonds. The molecule has 0 bridgehead atoms. The van der Waals surface area contributed by atoms with E-state index in [0.717, 1.165) is 16.0 Å². The number of ether oxygens (including phenoxy) is 1. The zero-order chi connectivity index (χ0) is 20.8. The van der Waals surface area contributed by atoms with Gasteiger partial charge in [0.2, 0.25) is 5.91 Å². The summed E-state index contributed by atoms with van der Waals surface area (Å²) in [5.74, 6) is 2.31. The smallest absolute Gasteiger partial charge is 0.234 e. The molecule has 152 valence electrons. The number of rotatable bonds is 8. The number of furan rings is 1. The Morgan fingerprint density at radius 1 is 1.10 bits per heavy atom. The van der Waals surface area contributed by atoms with Gasteiger partial charge in [-0.2, -0.15) is 0 Å². The number of amides is 1. The third-order valence-electron chi connectivity index (χ3n) is 4.01. The Balaban J connectivity index is 1.28. The van der Waals surface area contributed by atoms with Gasteiger partial charge in [-0.05, 0) is 60.7 Å². The molecule has 0 saturated carbocycles. The van der Waals surface area contributed by atoms with Gasteiger partial charge in [0, 0.05) is 10.2 Å². The molecule has 2 aromatic heterocycles. The first kappa shape index (κ1) is 20.2. The fraction of sp³-hybridized carbons (Fsp3) is 0.0952. The van der Waals surface area contributed by atoms with E-state index in [9.17, 15) is 4.79 Å². The van der Waals surface area contributed by atoms with Gasteiger partial charge in [0.25, 0.3) is 0 Å². The fourth-order valence-corrected chi connectivity index (χ4v) is 3.59. The zero-order valence-corrected chi connectivity index (χ0v) is 18.1. The molecule has 0 unspecified atom stereocenters. The van der Waals surface area contributed by atoms with Gasteiger partial charge in [0.1, 0.15) is 23.6 Å². The second-order valence-corrected chi connectivity index (χ2v) is 8.10. The van der Waals surface area contributed by atoms with Crippen molar-refractivity contribution in [2.75, 3.05) is 11.1 Å². The van der Waals surface area contributed by atoms with Gasteiger partial charge < -0.3 is 19.0 Å². The number of nitrogens with one attached hydrogen (secondary N) is 1. The maximum atomic E-state index is 12.3. The molecule has 0 fully saturated rings. The standard InChI is InChI=1S/C21H17BrN4O3S/c22-15-3-7-17(8-4-15)29-18-9-5-16(6-10-18)24-20(27)13-30-21-25-23-14-26(21)12-19-2-1-11-28-19/h1-11,14H,12-13H2,(H,24,27). The second-order valence-electron chi connectivity index (χ2n) is 6.24. The Labute approximate surface area is 185 Å². The monoisotopic (exact) mass is 484 g/mol. The van der Waals surface area contributed by atoms with Gasteiger partial charge in [-0.3, -0.25) is 4.79 Å². The van der Waals surface area contributed by atoms with E-state index in [1.54, 1.807) is 24.7 Å². The van der Waals surface area contributed by atoms with E-state index in [-0.39, 0.29) is 11.7 Å². The van der Waals surface area contributed by atoms with Crippen molar-refractivity contribution in [3.63, 3.8) is 0 Å². The lowest BCUT2D eigenvalue weighted by Crippen LogP contribution is -2.14. The van der Waals surface area contributed by atoms with Crippen LogP contribution in [0.4, 0.5) is 5.69 Å². The maximum absolute atomic E-state index is 12.3. The minimum Gasteiger partial charge on any atom is -0.467 e. The number of halogens is 1. The molecule has 0 spiro atoms. The van der Waals surface area contributed by atoms with E-state index >= 15 is 0 Å².